The monoisotopic (exact) mass is 495 g/mol. The topological polar surface area (TPSA) is 87.7 Å². The number of anilines is 1. The highest BCUT2D eigenvalue weighted by Gasteiger charge is 2.39. The van der Waals surface area contributed by atoms with Crippen molar-refractivity contribution in [1.82, 2.24) is 10.2 Å². The molecule has 0 aliphatic heterocycles. The van der Waals surface area contributed by atoms with Gasteiger partial charge in [0.15, 0.2) is 0 Å². The molecule has 7 heteroatoms. The average molecular weight is 496 g/mol. The van der Waals surface area contributed by atoms with Gasteiger partial charge in [-0.25, -0.2) is 4.79 Å². The maximum atomic E-state index is 13.9. The maximum Gasteiger partial charge on any atom is 0.408 e. The highest BCUT2D eigenvalue weighted by atomic mass is 16.6. The molecule has 0 radical (unpaired) electrons. The minimum atomic E-state index is -0.920. The Hall–Kier alpha value is -3.35. The van der Waals surface area contributed by atoms with E-state index < -0.39 is 29.2 Å². The van der Waals surface area contributed by atoms with Gasteiger partial charge in [-0.05, 0) is 97.1 Å². The van der Waals surface area contributed by atoms with Crippen LogP contribution in [0.1, 0.15) is 75.4 Å². The van der Waals surface area contributed by atoms with Crippen LogP contribution in [0, 0.1) is 27.7 Å². The second kappa shape index (κ2) is 11.1. The Bertz CT molecular complexity index is 1110. The Morgan fingerprint density at radius 2 is 1.44 bits per heavy atom. The number of nitrogens with zero attached hydrogens (tertiary/aromatic N) is 1. The van der Waals surface area contributed by atoms with Crippen molar-refractivity contribution < 1.29 is 19.1 Å². The number of alkyl carbamates (subject to hydrolysis) is 1. The summed E-state index contributed by atoms with van der Waals surface area (Å²) in [4.78, 5) is 41.3. The van der Waals surface area contributed by atoms with E-state index in [0.717, 1.165) is 27.9 Å². The molecule has 7 nitrogen and oxygen atoms in total. The predicted octanol–water partition coefficient (Wildman–Crippen LogP) is 5.75. The first-order chi connectivity index (χ1) is 16.5. The lowest BCUT2D eigenvalue weighted by molar-refractivity contribution is -0.144. The van der Waals surface area contributed by atoms with Crippen LogP contribution in [-0.2, 0) is 14.3 Å². The third-order valence-electron chi connectivity index (χ3n) is 5.86. The summed E-state index contributed by atoms with van der Waals surface area (Å²) in [5.74, 6) is -0.718. The zero-order chi connectivity index (χ0) is 27.4. The number of hydrogen-bond donors (Lipinski definition) is 2. The number of carbonyl (C=O) groups excluding carboxylic acids is 3. The number of carbonyl (C=O) groups is 3. The molecule has 0 saturated carbocycles. The summed E-state index contributed by atoms with van der Waals surface area (Å²) in [5.41, 5.74) is 3.98. The van der Waals surface area contributed by atoms with E-state index in [2.05, 4.69) is 10.6 Å². The Morgan fingerprint density at radius 1 is 0.861 bits per heavy atom. The summed E-state index contributed by atoms with van der Waals surface area (Å²) in [7, 11) is 0. The van der Waals surface area contributed by atoms with E-state index in [0.29, 0.717) is 5.56 Å². The molecule has 0 heterocycles. The number of hydrogen-bond acceptors (Lipinski definition) is 4. The van der Waals surface area contributed by atoms with Gasteiger partial charge in [0.2, 0.25) is 5.91 Å². The van der Waals surface area contributed by atoms with Gasteiger partial charge in [-0.1, -0.05) is 36.4 Å². The SMILES string of the molecule is Cc1ccc(C(C(=O)Nc2c(C)cccc2C)N(C(=O)CNC(=O)OC(C)(C)C)C(C)(C)C)cc1C. The third kappa shape index (κ3) is 7.57. The van der Waals surface area contributed by atoms with E-state index in [1.165, 1.54) is 4.90 Å². The molecule has 2 aromatic carbocycles. The van der Waals surface area contributed by atoms with Crippen LogP contribution in [0.4, 0.5) is 10.5 Å². The molecule has 0 bridgehead atoms. The maximum absolute atomic E-state index is 13.9. The number of para-hydroxylation sites is 1. The fraction of sp³-hybridized carbons (Fsp3) is 0.483. The zero-order valence-electron chi connectivity index (χ0n) is 23.3. The number of ether oxygens (including phenoxy) is 1. The van der Waals surface area contributed by atoms with E-state index in [1.807, 2.05) is 84.9 Å². The minimum absolute atomic E-state index is 0.301. The van der Waals surface area contributed by atoms with Gasteiger partial charge in [0.05, 0.1) is 0 Å². The summed E-state index contributed by atoms with van der Waals surface area (Å²) in [6.45, 7) is 18.4. The molecule has 2 N–H and O–H groups in total. The summed E-state index contributed by atoms with van der Waals surface area (Å²) >= 11 is 0. The number of amides is 3. The molecule has 0 aliphatic carbocycles. The third-order valence-corrected chi connectivity index (χ3v) is 5.86. The Labute approximate surface area is 215 Å². The van der Waals surface area contributed by atoms with Gasteiger partial charge in [0.25, 0.3) is 5.91 Å². The fourth-order valence-corrected chi connectivity index (χ4v) is 4.01. The van der Waals surface area contributed by atoms with Crippen LogP contribution in [0.15, 0.2) is 36.4 Å². The zero-order valence-corrected chi connectivity index (χ0v) is 23.3. The lowest BCUT2D eigenvalue weighted by Crippen LogP contribution is -2.54. The Balaban J connectivity index is 2.50. The van der Waals surface area contributed by atoms with Crippen molar-refractivity contribution >= 4 is 23.6 Å². The number of nitrogens with one attached hydrogen (secondary N) is 2. The Morgan fingerprint density at radius 3 is 1.94 bits per heavy atom. The highest BCUT2D eigenvalue weighted by molar-refractivity contribution is 5.99. The molecule has 0 spiro atoms. The van der Waals surface area contributed by atoms with Gasteiger partial charge >= 0.3 is 6.09 Å². The largest absolute Gasteiger partial charge is 0.444 e. The van der Waals surface area contributed by atoms with Crippen LogP contribution >= 0.6 is 0 Å². The summed E-state index contributed by atoms with van der Waals surface area (Å²) in [5, 5.41) is 5.61. The molecule has 36 heavy (non-hydrogen) atoms. The Kier molecular flexibility index (Phi) is 8.94. The van der Waals surface area contributed by atoms with E-state index in [-0.39, 0.29) is 12.5 Å². The standard InChI is InChI=1S/C29H41N3O4/c1-18-14-15-22(16-21(18)4)25(26(34)31-24-19(2)12-11-13-20(24)3)32(28(5,6)7)23(33)17-30-27(35)36-29(8,9)10/h11-16,25H,17H2,1-10H3,(H,30,35)(H,31,34). The van der Waals surface area contributed by atoms with Crippen molar-refractivity contribution in [1.29, 1.82) is 0 Å². The van der Waals surface area contributed by atoms with Crippen LogP contribution in [-0.4, -0.2) is 40.5 Å². The van der Waals surface area contributed by atoms with Gasteiger partial charge in [0.1, 0.15) is 18.2 Å². The summed E-state index contributed by atoms with van der Waals surface area (Å²) < 4.78 is 5.28. The molecule has 2 rings (SSSR count). The van der Waals surface area contributed by atoms with Crippen molar-refractivity contribution in [2.75, 3.05) is 11.9 Å². The molecule has 0 saturated heterocycles. The first-order valence-electron chi connectivity index (χ1n) is 12.2. The van der Waals surface area contributed by atoms with Crippen LogP contribution < -0.4 is 10.6 Å². The van der Waals surface area contributed by atoms with Crippen molar-refractivity contribution in [3.8, 4) is 0 Å². The van der Waals surface area contributed by atoms with Gasteiger partial charge in [-0.3, -0.25) is 9.59 Å². The highest BCUT2D eigenvalue weighted by Crippen LogP contribution is 2.32. The lowest BCUT2D eigenvalue weighted by Gasteiger charge is -2.41. The van der Waals surface area contributed by atoms with Crippen LogP contribution in [0.2, 0.25) is 0 Å². The van der Waals surface area contributed by atoms with E-state index >= 15 is 0 Å². The first-order valence-corrected chi connectivity index (χ1v) is 12.2. The predicted molar refractivity (Wildman–Crippen MR) is 144 cm³/mol. The molecule has 0 aliphatic rings. The molecule has 1 unspecified atom stereocenters. The van der Waals surface area contributed by atoms with Crippen molar-refractivity contribution in [2.45, 2.75) is 86.4 Å². The summed E-state index contributed by atoms with van der Waals surface area (Å²) in [6.07, 6.45) is -0.688. The average Bonchev–Trinajstić information content (AvgIpc) is 2.73. The van der Waals surface area contributed by atoms with Crippen molar-refractivity contribution in [3.05, 3.63) is 64.2 Å². The number of aryl methyl sites for hydroxylation is 4. The van der Waals surface area contributed by atoms with E-state index in [4.69, 9.17) is 4.74 Å². The molecule has 2 aromatic rings. The normalized spacial score (nSPS) is 12.5. The van der Waals surface area contributed by atoms with E-state index in [1.54, 1.807) is 20.8 Å². The van der Waals surface area contributed by atoms with Crippen LogP contribution in [0.25, 0.3) is 0 Å². The first kappa shape index (κ1) is 28.9. The molecule has 0 aromatic heterocycles. The van der Waals surface area contributed by atoms with Crippen molar-refractivity contribution in [2.24, 2.45) is 0 Å². The van der Waals surface area contributed by atoms with E-state index in [9.17, 15) is 14.4 Å². The number of benzene rings is 2. The molecule has 0 fully saturated rings. The smallest absolute Gasteiger partial charge is 0.408 e. The van der Waals surface area contributed by atoms with Crippen LogP contribution in [0.3, 0.4) is 0 Å². The number of rotatable bonds is 6. The van der Waals surface area contributed by atoms with Gasteiger partial charge in [-0.15, -0.1) is 0 Å². The second-order valence-electron chi connectivity index (χ2n) is 11.3. The molecule has 3 amide bonds. The van der Waals surface area contributed by atoms with Crippen LogP contribution in [0.5, 0.6) is 0 Å². The van der Waals surface area contributed by atoms with Gasteiger partial charge in [-0.2, -0.15) is 0 Å². The second-order valence-corrected chi connectivity index (χ2v) is 11.3. The minimum Gasteiger partial charge on any atom is -0.444 e. The molecule has 196 valence electrons. The fourth-order valence-electron chi connectivity index (χ4n) is 4.01. The van der Waals surface area contributed by atoms with Gasteiger partial charge < -0.3 is 20.3 Å². The molecular weight excluding hydrogens is 454 g/mol. The lowest BCUT2D eigenvalue weighted by atomic mass is 9.94. The molecular formula is C29H41N3O4. The molecule has 1 atom stereocenters. The van der Waals surface area contributed by atoms with Crippen molar-refractivity contribution in [3.63, 3.8) is 0 Å². The summed E-state index contributed by atoms with van der Waals surface area (Å²) in [6, 6.07) is 10.7. The van der Waals surface area contributed by atoms with Gasteiger partial charge in [0, 0.05) is 11.2 Å². The quantitative estimate of drug-likeness (QED) is 0.534.